The smallest absolute Gasteiger partial charge is 0.416 e. The maximum absolute atomic E-state index is 14.2. The molecule has 1 aromatic carbocycles. The van der Waals surface area contributed by atoms with Gasteiger partial charge in [-0.3, -0.25) is 14.4 Å². The van der Waals surface area contributed by atoms with E-state index in [2.05, 4.69) is 15.4 Å². The van der Waals surface area contributed by atoms with Gasteiger partial charge in [0, 0.05) is 17.6 Å². The lowest BCUT2D eigenvalue weighted by Gasteiger charge is -2.17. The number of benzene rings is 1. The quantitative estimate of drug-likeness (QED) is 0.231. The Hall–Kier alpha value is -5.28. The van der Waals surface area contributed by atoms with E-state index < -0.39 is 60.2 Å². The van der Waals surface area contributed by atoms with Crippen molar-refractivity contribution in [3.05, 3.63) is 70.5 Å². The van der Waals surface area contributed by atoms with Crippen molar-refractivity contribution in [3.8, 4) is 5.75 Å². The number of methoxy groups -OCH3 is 1. The second kappa shape index (κ2) is 13.9. The zero-order chi connectivity index (χ0) is 31.0. The van der Waals surface area contributed by atoms with Gasteiger partial charge in [-0.2, -0.15) is 0 Å². The zero-order valence-electron chi connectivity index (χ0n) is 22.0. The standard InChI is InChI=1S/C26H26F3N5O8/c1-41-25(38)32-17(5-2-3-7-21(30)35)23(36)31-18-6-4-8-33(24(18)37)12-16-10-14-9-15(27)11-19(42-13-20(28)29)22(14)34(16)26(39)40/h3-4,6-11,17,20H,2,5,12-13H2,1H3,(H2,30,35)(H,31,36)(H,32,38)(H,39,40). The number of anilines is 1. The molecule has 0 aliphatic carbocycles. The molecule has 1 atom stereocenters. The molecule has 0 aliphatic rings. The number of carboxylic acid groups (broad SMARTS) is 1. The summed E-state index contributed by atoms with van der Waals surface area (Å²) in [4.78, 5) is 60.9. The molecular weight excluding hydrogens is 567 g/mol. The van der Waals surface area contributed by atoms with Gasteiger partial charge in [-0.25, -0.2) is 27.3 Å². The van der Waals surface area contributed by atoms with Crippen LogP contribution in [0.1, 0.15) is 18.5 Å². The van der Waals surface area contributed by atoms with Crippen LogP contribution in [-0.4, -0.2) is 64.4 Å². The minimum Gasteiger partial charge on any atom is -0.485 e. The van der Waals surface area contributed by atoms with E-state index >= 15 is 0 Å². The number of carbonyl (C=O) groups is 4. The molecule has 2 heterocycles. The highest BCUT2D eigenvalue weighted by molar-refractivity contribution is 5.96. The number of fused-ring (bicyclic) bond motifs is 1. The molecule has 0 saturated carbocycles. The Labute approximate surface area is 235 Å². The van der Waals surface area contributed by atoms with Gasteiger partial charge >= 0.3 is 12.2 Å². The molecule has 0 aliphatic heterocycles. The molecule has 3 amide bonds. The number of rotatable bonds is 12. The van der Waals surface area contributed by atoms with Crippen LogP contribution in [-0.2, 0) is 20.9 Å². The largest absolute Gasteiger partial charge is 0.485 e. The highest BCUT2D eigenvalue weighted by Gasteiger charge is 2.23. The Morgan fingerprint density at radius 1 is 1.19 bits per heavy atom. The van der Waals surface area contributed by atoms with Crippen molar-refractivity contribution >= 4 is 40.6 Å². The number of nitrogens with zero attached hydrogens (tertiary/aromatic N) is 2. The Balaban J connectivity index is 1.92. The van der Waals surface area contributed by atoms with E-state index in [1.54, 1.807) is 0 Å². The summed E-state index contributed by atoms with van der Waals surface area (Å²) in [7, 11) is 1.09. The van der Waals surface area contributed by atoms with E-state index in [4.69, 9.17) is 10.5 Å². The molecule has 13 nitrogen and oxygen atoms in total. The predicted molar refractivity (Wildman–Crippen MR) is 142 cm³/mol. The number of carbonyl (C=O) groups excluding carboxylic acids is 3. The fourth-order valence-electron chi connectivity index (χ4n) is 4.01. The summed E-state index contributed by atoms with van der Waals surface area (Å²) in [5.41, 5.74) is 3.80. The number of pyridine rings is 1. The van der Waals surface area contributed by atoms with Crippen molar-refractivity contribution < 1.29 is 46.9 Å². The first-order chi connectivity index (χ1) is 19.9. The van der Waals surface area contributed by atoms with Crippen molar-refractivity contribution in [2.24, 2.45) is 5.73 Å². The summed E-state index contributed by atoms with van der Waals surface area (Å²) in [6.45, 7) is -1.49. The number of hydrogen-bond acceptors (Lipinski definition) is 7. The molecule has 1 unspecified atom stereocenters. The van der Waals surface area contributed by atoms with E-state index in [1.165, 1.54) is 30.5 Å². The van der Waals surface area contributed by atoms with Crippen LogP contribution in [0.5, 0.6) is 5.75 Å². The molecule has 224 valence electrons. The van der Waals surface area contributed by atoms with Crippen molar-refractivity contribution in [2.75, 3.05) is 19.0 Å². The topological polar surface area (TPSA) is 184 Å². The van der Waals surface area contributed by atoms with Gasteiger partial charge in [-0.15, -0.1) is 0 Å². The van der Waals surface area contributed by atoms with Crippen LogP contribution in [0.2, 0.25) is 0 Å². The molecular formula is C26H26F3N5O8. The lowest BCUT2D eigenvalue weighted by atomic mass is 10.1. The van der Waals surface area contributed by atoms with Gasteiger partial charge in [0.2, 0.25) is 11.8 Å². The molecule has 3 rings (SSSR count). The SMILES string of the molecule is COC(=O)NC(CCC=CC(N)=O)C(=O)Nc1cccn(Cc2cc3cc(F)cc(OCC(F)F)c3n2C(=O)O)c1=O. The van der Waals surface area contributed by atoms with Crippen LogP contribution < -0.4 is 26.7 Å². The summed E-state index contributed by atoms with van der Waals surface area (Å²) in [5.74, 6) is -2.78. The summed E-state index contributed by atoms with van der Waals surface area (Å²) in [6.07, 6.45) is -1.42. The van der Waals surface area contributed by atoms with Crippen molar-refractivity contribution in [3.63, 3.8) is 0 Å². The first-order valence-electron chi connectivity index (χ1n) is 12.2. The lowest BCUT2D eigenvalue weighted by Crippen LogP contribution is -2.44. The van der Waals surface area contributed by atoms with Gasteiger partial charge in [0.25, 0.3) is 12.0 Å². The summed E-state index contributed by atoms with van der Waals surface area (Å²) >= 11 is 0. The fourth-order valence-corrected chi connectivity index (χ4v) is 4.01. The van der Waals surface area contributed by atoms with E-state index in [1.807, 2.05) is 0 Å². The molecule has 16 heteroatoms. The first-order valence-corrected chi connectivity index (χ1v) is 12.2. The lowest BCUT2D eigenvalue weighted by molar-refractivity contribution is -0.118. The van der Waals surface area contributed by atoms with Gasteiger partial charge < -0.3 is 35.5 Å². The van der Waals surface area contributed by atoms with Crippen LogP contribution in [0.3, 0.4) is 0 Å². The molecule has 42 heavy (non-hydrogen) atoms. The Kier molecular flexibility index (Phi) is 10.3. The predicted octanol–water partition coefficient (Wildman–Crippen LogP) is 2.65. The van der Waals surface area contributed by atoms with Gasteiger partial charge in [-0.1, -0.05) is 6.08 Å². The van der Waals surface area contributed by atoms with Crippen LogP contribution >= 0.6 is 0 Å². The normalized spacial score (nSPS) is 11.9. The maximum Gasteiger partial charge on any atom is 0.416 e. The number of hydrogen-bond donors (Lipinski definition) is 4. The molecule has 0 saturated heterocycles. The minimum absolute atomic E-state index is 0.0109. The number of amides is 3. The van der Waals surface area contributed by atoms with Crippen molar-refractivity contribution in [1.29, 1.82) is 0 Å². The van der Waals surface area contributed by atoms with E-state index in [9.17, 15) is 42.3 Å². The number of ether oxygens (including phenoxy) is 2. The van der Waals surface area contributed by atoms with Gasteiger partial charge in [0.05, 0.1) is 19.3 Å². The van der Waals surface area contributed by atoms with Crippen LogP contribution in [0.15, 0.2) is 53.5 Å². The van der Waals surface area contributed by atoms with Crippen LogP contribution in [0, 0.1) is 5.82 Å². The molecule has 0 spiro atoms. The Morgan fingerprint density at radius 2 is 1.93 bits per heavy atom. The third kappa shape index (κ3) is 7.89. The Bertz CT molecular complexity index is 1580. The third-order valence-corrected chi connectivity index (χ3v) is 5.77. The van der Waals surface area contributed by atoms with Crippen molar-refractivity contribution in [2.45, 2.75) is 31.9 Å². The average molecular weight is 594 g/mol. The molecule has 0 radical (unpaired) electrons. The highest BCUT2D eigenvalue weighted by atomic mass is 19.3. The third-order valence-electron chi connectivity index (χ3n) is 5.77. The zero-order valence-corrected chi connectivity index (χ0v) is 22.0. The van der Waals surface area contributed by atoms with E-state index in [0.717, 1.165) is 29.9 Å². The van der Waals surface area contributed by atoms with Gasteiger partial charge in [-0.05, 0) is 43.2 Å². The van der Waals surface area contributed by atoms with Gasteiger partial charge in [0.15, 0.2) is 0 Å². The van der Waals surface area contributed by atoms with Crippen LogP contribution in [0.4, 0.5) is 28.4 Å². The molecule has 2 aromatic heterocycles. The molecule has 0 bridgehead atoms. The van der Waals surface area contributed by atoms with E-state index in [-0.39, 0.29) is 41.7 Å². The Morgan fingerprint density at radius 3 is 2.57 bits per heavy atom. The number of aromatic nitrogens is 2. The molecule has 0 fully saturated rings. The number of nitrogens with one attached hydrogen (secondary N) is 2. The summed E-state index contributed by atoms with van der Waals surface area (Å²) in [6, 6.07) is 4.50. The highest BCUT2D eigenvalue weighted by Crippen LogP contribution is 2.31. The number of alkyl halides is 2. The van der Waals surface area contributed by atoms with Crippen molar-refractivity contribution in [1.82, 2.24) is 14.5 Å². The van der Waals surface area contributed by atoms with Crippen LogP contribution in [0.25, 0.3) is 10.9 Å². The number of nitrogens with two attached hydrogens (primary N) is 1. The average Bonchev–Trinajstić information content (AvgIpc) is 3.28. The number of allylic oxidation sites excluding steroid dienone is 1. The monoisotopic (exact) mass is 593 g/mol. The number of primary amides is 1. The number of halogens is 3. The molecule has 3 aromatic rings. The van der Waals surface area contributed by atoms with Gasteiger partial charge in [0.1, 0.15) is 35.4 Å². The maximum atomic E-state index is 14.2. The second-order valence-electron chi connectivity index (χ2n) is 8.71. The number of alkyl carbamates (subject to hydrolysis) is 1. The second-order valence-corrected chi connectivity index (χ2v) is 8.71. The minimum atomic E-state index is -2.90. The van der Waals surface area contributed by atoms with E-state index in [0.29, 0.717) is 4.57 Å². The molecule has 5 N–H and O–H groups in total. The fraction of sp³-hybridized carbons (Fsp3) is 0.269. The summed E-state index contributed by atoms with van der Waals surface area (Å²) in [5, 5.41) is 14.6. The summed E-state index contributed by atoms with van der Waals surface area (Å²) < 4.78 is 50.8. The first kappa shape index (κ1) is 31.3.